The number of benzene rings is 2. The molecule has 0 aliphatic heterocycles. The van der Waals surface area contributed by atoms with Crippen LogP contribution >= 0.6 is 0 Å². The minimum atomic E-state index is -1.19. The number of esters is 1. The Morgan fingerprint density at radius 1 is 1.32 bits per heavy atom. The molecule has 2 aromatic carbocycles. The van der Waals surface area contributed by atoms with Gasteiger partial charge in [-0.15, -0.1) is 0 Å². The second kappa shape index (κ2) is 7.82. The highest BCUT2D eigenvalue weighted by molar-refractivity contribution is 5.95. The van der Waals surface area contributed by atoms with Crippen molar-refractivity contribution in [1.82, 2.24) is 5.16 Å². The highest BCUT2D eigenvalue weighted by Crippen LogP contribution is 2.22. The number of carbonyl (C=O) groups excluding carboxylic acids is 2. The van der Waals surface area contributed by atoms with Crippen LogP contribution in [0, 0.1) is 15.9 Å². The lowest BCUT2D eigenvalue weighted by Gasteiger charge is -2.13. The molecular formula is C18H14FN3O6. The molecule has 0 spiro atoms. The Morgan fingerprint density at radius 2 is 2.07 bits per heavy atom. The normalized spacial score (nSPS) is 11.8. The van der Waals surface area contributed by atoms with Gasteiger partial charge in [0.15, 0.2) is 11.7 Å². The summed E-state index contributed by atoms with van der Waals surface area (Å²) in [5, 5.41) is 17.6. The molecule has 0 unspecified atom stereocenters. The number of nitro groups is 1. The van der Waals surface area contributed by atoms with Crippen molar-refractivity contribution in [2.24, 2.45) is 0 Å². The van der Waals surface area contributed by atoms with E-state index in [1.165, 1.54) is 6.92 Å². The lowest BCUT2D eigenvalue weighted by molar-refractivity contribution is -0.387. The summed E-state index contributed by atoms with van der Waals surface area (Å²) in [5.41, 5.74) is 0.125. The van der Waals surface area contributed by atoms with Crippen molar-refractivity contribution in [2.75, 3.05) is 5.32 Å². The van der Waals surface area contributed by atoms with Crippen LogP contribution in [0.2, 0.25) is 0 Å². The van der Waals surface area contributed by atoms with E-state index in [9.17, 15) is 24.1 Å². The summed E-state index contributed by atoms with van der Waals surface area (Å²) >= 11 is 0. The van der Waals surface area contributed by atoms with E-state index in [-0.39, 0.29) is 12.1 Å². The van der Waals surface area contributed by atoms with Gasteiger partial charge in [-0.25, -0.2) is 0 Å². The first-order valence-electron chi connectivity index (χ1n) is 8.12. The van der Waals surface area contributed by atoms with Crippen LogP contribution < -0.4 is 5.32 Å². The number of hydrogen-bond donors (Lipinski definition) is 1. The number of carbonyl (C=O) groups is 2. The number of amides is 1. The molecule has 1 amide bonds. The fourth-order valence-corrected chi connectivity index (χ4v) is 2.47. The van der Waals surface area contributed by atoms with Crippen LogP contribution in [-0.2, 0) is 20.7 Å². The Kier molecular flexibility index (Phi) is 5.30. The average molecular weight is 387 g/mol. The quantitative estimate of drug-likeness (QED) is 0.391. The topological polar surface area (TPSA) is 125 Å². The minimum absolute atomic E-state index is 0.00324. The van der Waals surface area contributed by atoms with E-state index >= 15 is 0 Å². The number of hydrogen-bond acceptors (Lipinski definition) is 7. The molecule has 1 aromatic heterocycles. The molecule has 0 saturated carbocycles. The summed E-state index contributed by atoms with van der Waals surface area (Å²) in [6, 6.07) is 9.88. The van der Waals surface area contributed by atoms with E-state index in [0.717, 1.165) is 18.2 Å². The number of aromatic nitrogens is 1. The second-order valence-electron chi connectivity index (χ2n) is 5.85. The van der Waals surface area contributed by atoms with Gasteiger partial charge in [-0.1, -0.05) is 17.3 Å². The molecule has 0 aliphatic rings. The standard InChI is InChI=1S/C18H14FN3O6/c1-10(18(24)20-11-6-7-13(19)15(8-11)22(25)26)27-17(23)9-14-12-4-2-3-5-16(12)28-21-14/h2-8,10H,9H2,1H3,(H,20,24)/t10-/m0/s1. The van der Waals surface area contributed by atoms with Crippen LogP contribution in [0.3, 0.4) is 0 Å². The van der Waals surface area contributed by atoms with Gasteiger partial charge in [0.25, 0.3) is 5.91 Å². The van der Waals surface area contributed by atoms with Crippen LogP contribution in [0.25, 0.3) is 11.0 Å². The number of fused-ring (bicyclic) bond motifs is 1. The van der Waals surface area contributed by atoms with E-state index in [1.807, 2.05) is 0 Å². The molecule has 10 heteroatoms. The molecule has 0 saturated heterocycles. The maximum atomic E-state index is 13.3. The third kappa shape index (κ3) is 4.11. The highest BCUT2D eigenvalue weighted by atomic mass is 19.1. The van der Waals surface area contributed by atoms with Crippen LogP contribution in [-0.4, -0.2) is 28.1 Å². The summed E-state index contributed by atoms with van der Waals surface area (Å²) in [7, 11) is 0. The molecule has 0 aliphatic carbocycles. The summed E-state index contributed by atoms with van der Waals surface area (Å²) < 4.78 is 23.5. The molecule has 0 radical (unpaired) electrons. The SMILES string of the molecule is C[C@H](OC(=O)Cc1noc2ccccc12)C(=O)Nc1ccc(F)c([N+](=O)[O-])c1. The maximum absolute atomic E-state index is 13.3. The summed E-state index contributed by atoms with van der Waals surface area (Å²) in [6.07, 6.45) is -1.38. The monoisotopic (exact) mass is 387 g/mol. The Morgan fingerprint density at radius 3 is 2.82 bits per heavy atom. The summed E-state index contributed by atoms with van der Waals surface area (Å²) in [4.78, 5) is 34.1. The van der Waals surface area contributed by atoms with Crippen molar-refractivity contribution >= 4 is 34.2 Å². The number of ether oxygens (including phenoxy) is 1. The zero-order valence-corrected chi connectivity index (χ0v) is 14.5. The highest BCUT2D eigenvalue weighted by Gasteiger charge is 2.21. The first kappa shape index (κ1) is 19.0. The van der Waals surface area contributed by atoms with Gasteiger partial charge in [0.1, 0.15) is 5.69 Å². The number of nitrogens with zero attached hydrogens (tertiary/aromatic N) is 2. The number of anilines is 1. The zero-order chi connectivity index (χ0) is 20.3. The first-order chi connectivity index (χ1) is 13.3. The van der Waals surface area contributed by atoms with Crippen molar-refractivity contribution in [3.8, 4) is 0 Å². The van der Waals surface area contributed by atoms with Crippen LogP contribution in [0.5, 0.6) is 0 Å². The lowest BCUT2D eigenvalue weighted by Crippen LogP contribution is -2.30. The van der Waals surface area contributed by atoms with Gasteiger partial charge in [-0.05, 0) is 31.2 Å². The number of para-hydroxylation sites is 1. The second-order valence-corrected chi connectivity index (χ2v) is 5.85. The van der Waals surface area contributed by atoms with Gasteiger partial charge >= 0.3 is 11.7 Å². The van der Waals surface area contributed by atoms with E-state index in [1.54, 1.807) is 24.3 Å². The van der Waals surface area contributed by atoms with Crippen molar-refractivity contribution in [3.05, 3.63) is 64.1 Å². The van der Waals surface area contributed by atoms with Gasteiger partial charge in [-0.2, -0.15) is 4.39 Å². The number of nitrogens with one attached hydrogen (secondary N) is 1. The van der Waals surface area contributed by atoms with E-state index in [4.69, 9.17) is 9.26 Å². The van der Waals surface area contributed by atoms with Crippen molar-refractivity contribution in [1.29, 1.82) is 0 Å². The Balaban J connectivity index is 1.61. The van der Waals surface area contributed by atoms with Crippen molar-refractivity contribution in [2.45, 2.75) is 19.4 Å². The molecule has 28 heavy (non-hydrogen) atoms. The van der Waals surface area contributed by atoms with Crippen LogP contribution in [0.1, 0.15) is 12.6 Å². The third-order valence-electron chi connectivity index (χ3n) is 3.85. The predicted octanol–water partition coefficient (Wildman–Crippen LogP) is 2.99. The molecule has 9 nitrogen and oxygen atoms in total. The van der Waals surface area contributed by atoms with Crippen molar-refractivity contribution < 1.29 is 28.2 Å². The van der Waals surface area contributed by atoms with E-state index < -0.39 is 34.4 Å². The number of nitro benzene ring substituents is 1. The first-order valence-corrected chi connectivity index (χ1v) is 8.12. The Labute approximate surface area is 157 Å². The molecule has 3 aromatic rings. The van der Waals surface area contributed by atoms with Gasteiger partial charge in [-0.3, -0.25) is 19.7 Å². The smallest absolute Gasteiger partial charge is 0.312 e. The van der Waals surface area contributed by atoms with Crippen molar-refractivity contribution in [3.63, 3.8) is 0 Å². The number of rotatable bonds is 6. The lowest BCUT2D eigenvalue weighted by atomic mass is 10.2. The van der Waals surface area contributed by atoms with Gasteiger partial charge < -0.3 is 14.6 Å². The Hall–Kier alpha value is -3.82. The molecule has 0 bridgehead atoms. The molecule has 144 valence electrons. The molecule has 1 heterocycles. The summed E-state index contributed by atoms with van der Waals surface area (Å²) in [6.45, 7) is 1.34. The molecule has 3 rings (SSSR count). The maximum Gasteiger partial charge on any atom is 0.312 e. The molecular weight excluding hydrogens is 373 g/mol. The average Bonchev–Trinajstić information content (AvgIpc) is 3.06. The fourth-order valence-electron chi connectivity index (χ4n) is 2.47. The van der Waals surface area contributed by atoms with Gasteiger partial charge in [0, 0.05) is 17.1 Å². The minimum Gasteiger partial charge on any atom is -0.452 e. The fraction of sp³-hybridized carbons (Fsp3) is 0.167. The number of halogens is 1. The van der Waals surface area contributed by atoms with Crippen LogP contribution in [0.4, 0.5) is 15.8 Å². The third-order valence-corrected chi connectivity index (χ3v) is 3.85. The Bertz CT molecular complexity index is 1060. The summed E-state index contributed by atoms with van der Waals surface area (Å²) in [5.74, 6) is -2.45. The van der Waals surface area contributed by atoms with E-state index in [0.29, 0.717) is 16.7 Å². The predicted molar refractivity (Wildman–Crippen MR) is 95.0 cm³/mol. The van der Waals surface area contributed by atoms with E-state index in [2.05, 4.69) is 10.5 Å². The molecule has 1 N–H and O–H groups in total. The van der Waals surface area contributed by atoms with Gasteiger partial charge in [0.2, 0.25) is 5.82 Å². The van der Waals surface area contributed by atoms with Gasteiger partial charge in [0.05, 0.1) is 11.3 Å². The molecule has 0 fully saturated rings. The van der Waals surface area contributed by atoms with Crippen LogP contribution in [0.15, 0.2) is 47.0 Å². The largest absolute Gasteiger partial charge is 0.452 e. The zero-order valence-electron chi connectivity index (χ0n) is 14.5. The molecule has 1 atom stereocenters.